The summed E-state index contributed by atoms with van der Waals surface area (Å²) in [6.45, 7) is 0. The standard InChI is InChI=1S/C5H5N3O3/c1-7-3-6-5(8(10)11)4(7)2-9/h2-3H,1H3/i1D. The molecule has 0 bridgehead atoms. The molecule has 0 N–H and O–H groups in total. The van der Waals surface area contributed by atoms with Crippen molar-refractivity contribution in [1.82, 2.24) is 9.55 Å². The second-order valence-corrected chi connectivity index (χ2v) is 1.80. The molecule has 0 atom stereocenters. The van der Waals surface area contributed by atoms with Crippen LogP contribution in [0.25, 0.3) is 0 Å². The predicted octanol–water partition coefficient (Wildman–Crippen LogP) is 0.141. The van der Waals surface area contributed by atoms with E-state index in [0.29, 0.717) is 6.29 Å². The van der Waals surface area contributed by atoms with Crippen molar-refractivity contribution in [1.29, 1.82) is 0 Å². The average Bonchev–Trinajstić information content (AvgIpc) is 2.46. The van der Waals surface area contributed by atoms with Crippen LogP contribution in [0.1, 0.15) is 11.9 Å². The summed E-state index contributed by atoms with van der Waals surface area (Å²) in [6.07, 6.45) is 1.41. The van der Waals surface area contributed by atoms with Crippen molar-refractivity contribution in [3.63, 3.8) is 0 Å². The summed E-state index contributed by atoms with van der Waals surface area (Å²) in [4.78, 5) is 23.2. The molecule has 6 heteroatoms. The van der Waals surface area contributed by atoms with Crippen molar-refractivity contribution in [3.8, 4) is 0 Å². The Morgan fingerprint density at radius 3 is 3.18 bits per heavy atom. The van der Waals surface area contributed by atoms with E-state index in [1.807, 2.05) is 0 Å². The third-order valence-corrected chi connectivity index (χ3v) is 1.14. The van der Waals surface area contributed by atoms with E-state index in [-0.39, 0.29) is 12.7 Å². The average molecular weight is 156 g/mol. The lowest BCUT2D eigenvalue weighted by molar-refractivity contribution is -0.389. The Hall–Kier alpha value is -1.72. The van der Waals surface area contributed by atoms with E-state index in [2.05, 4.69) is 4.98 Å². The lowest BCUT2D eigenvalue weighted by atomic mass is 10.5. The first kappa shape index (κ1) is 6.02. The van der Waals surface area contributed by atoms with Crippen molar-refractivity contribution < 1.29 is 11.1 Å². The van der Waals surface area contributed by atoms with Crippen LogP contribution < -0.4 is 0 Å². The Balaban J connectivity index is 3.22. The molecule has 0 radical (unpaired) electrons. The van der Waals surface area contributed by atoms with Gasteiger partial charge in [-0.05, 0) is 9.91 Å². The van der Waals surface area contributed by atoms with E-state index >= 15 is 0 Å². The van der Waals surface area contributed by atoms with Crippen molar-refractivity contribution in [2.45, 2.75) is 0 Å². The van der Waals surface area contributed by atoms with Crippen molar-refractivity contribution >= 4 is 12.1 Å². The van der Waals surface area contributed by atoms with Crippen LogP contribution in [-0.4, -0.2) is 20.8 Å². The fourth-order valence-corrected chi connectivity index (χ4v) is 0.642. The highest BCUT2D eigenvalue weighted by atomic mass is 16.6. The van der Waals surface area contributed by atoms with Gasteiger partial charge in [-0.2, -0.15) is 0 Å². The molecule has 1 rings (SSSR count). The van der Waals surface area contributed by atoms with Crippen LogP contribution >= 0.6 is 0 Å². The number of nitrogens with zero attached hydrogens (tertiary/aromatic N) is 3. The molecule has 1 heterocycles. The van der Waals surface area contributed by atoms with Gasteiger partial charge in [-0.1, -0.05) is 0 Å². The van der Waals surface area contributed by atoms with Crippen LogP contribution in [0.15, 0.2) is 6.33 Å². The number of rotatable bonds is 2. The maximum absolute atomic E-state index is 10.3. The highest BCUT2D eigenvalue weighted by molar-refractivity contribution is 5.77. The molecule has 1 aromatic rings. The van der Waals surface area contributed by atoms with E-state index in [9.17, 15) is 14.9 Å². The van der Waals surface area contributed by atoms with Gasteiger partial charge in [-0.25, -0.2) is 0 Å². The third kappa shape index (κ3) is 1.09. The Morgan fingerprint density at radius 1 is 2.00 bits per heavy atom. The van der Waals surface area contributed by atoms with Gasteiger partial charge in [0.2, 0.25) is 6.33 Å². The summed E-state index contributed by atoms with van der Waals surface area (Å²) in [7, 11) is -0.255. The summed E-state index contributed by atoms with van der Waals surface area (Å²) in [5, 5.41) is 10.2. The highest BCUT2D eigenvalue weighted by Gasteiger charge is 2.18. The molecule has 11 heavy (non-hydrogen) atoms. The third-order valence-electron chi connectivity index (χ3n) is 1.14. The van der Waals surface area contributed by atoms with Crippen LogP contribution in [-0.2, 0) is 7.02 Å². The monoisotopic (exact) mass is 156 g/mol. The molecule has 0 aliphatic rings. The van der Waals surface area contributed by atoms with Crippen molar-refractivity contribution in [3.05, 3.63) is 22.1 Å². The number of aryl methyl sites for hydroxylation is 1. The number of carbonyl (C=O) groups excluding carboxylic acids is 1. The molecule has 6 nitrogen and oxygen atoms in total. The normalized spacial score (nSPS) is 10.7. The maximum Gasteiger partial charge on any atom is 0.392 e. The molecule has 0 saturated carbocycles. The fraction of sp³-hybridized carbons (Fsp3) is 0.200. The molecule has 0 aromatic carbocycles. The molecule has 58 valence electrons. The second kappa shape index (κ2) is 2.49. The zero-order chi connectivity index (χ0) is 9.14. The number of aromatic nitrogens is 2. The van der Waals surface area contributed by atoms with Gasteiger partial charge >= 0.3 is 5.82 Å². The maximum atomic E-state index is 10.3. The number of hydrogen-bond donors (Lipinski definition) is 0. The first-order valence-electron chi connectivity index (χ1n) is 3.35. The minimum atomic E-state index is -0.754. The molecule has 1 aromatic heterocycles. The summed E-state index contributed by atoms with van der Waals surface area (Å²) in [5.74, 6) is -0.503. The summed E-state index contributed by atoms with van der Waals surface area (Å²) in [6, 6.07) is 0. The van der Waals surface area contributed by atoms with Crippen molar-refractivity contribution in [2.24, 2.45) is 7.02 Å². The molecule has 0 fully saturated rings. The van der Waals surface area contributed by atoms with Gasteiger partial charge in [0.25, 0.3) is 0 Å². The number of imidazole rings is 1. The minimum absolute atomic E-state index is 0.171. The van der Waals surface area contributed by atoms with E-state index in [1.165, 1.54) is 0 Å². The SMILES string of the molecule is [2H]Cn1cnc([N+](=O)[O-])c1C=O. The molecular weight excluding hydrogens is 150 g/mol. The zero-order valence-electron chi connectivity index (χ0n) is 6.43. The van der Waals surface area contributed by atoms with Gasteiger partial charge in [0.05, 0.1) is 0 Å². The molecule has 0 amide bonds. The van der Waals surface area contributed by atoms with Crippen LogP contribution in [0.4, 0.5) is 5.82 Å². The molecule has 0 aliphatic carbocycles. The zero-order valence-corrected chi connectivity index (χ0v) is 5.43. The van der Waals surface area contributed by atoms with E-state index in [1.54, 1.807) is 0 Å². The van der Waals surface area contributed by atoms with Gasteiger partial charge < -0.3 is 14.7 Å². The first-order chi connectivity index (χ1) is 5.70. The molecule has 0 unspecified atom stereocenters. The molecule has 0 saturated heterocycles. The van der Waals surface area contributed by atoms with Crippen LogP contribution in [0.3, 0.4) is 0 Å². The Kier molecular flexibility index (Phi) is 1.36. The largest absolute Gasteiger partial charge is 0.392 e. The Bertz CT molecular complexity index is 322. The Labute approximate surface area is 63.0 Å². The topological polar surface area (TPSA) is 78.0 Å². The fourth-order valence-electron chi connectivity index (χ4n) is 0.642. The van der Waals surface area contributed by atoms with E-state index < -0.39 is 10.7 Å². The molecule has 0 aliphatic heterocycles. The number of aldehydes is 1. The van der Waals surface area contributed by atoms with Crippen LogP contribution in [0.2, 0.25) is 0 Å². The summed E-state index contributed by atoms with van der Waals surface area (Å²) in [5.41, 5.74) is -0.171. The van der Waals surface area contributed by atoms with Gasteiger partial charge in [-0.3, -0.25) is 4.79 Å². The smallest absolute Gasteiger partial charge is 0.358 e. The summed E-state index contributed by atoms with van der Waals surface area (Å²) >= 11 is 0. The number of nitro groups is 1. The Morgan fingerprint density at radius 2 is 2.73 bits per heavy atom. The van der Waals surface area contributed by atoms with Crippen molar-refractivity contribution in [2.75, 3.05) is 0 Å². The highest BCUT2D eigenvalue weighted by Crippen LogP contribution is 2.11. The van der Waals surface area contributed by atoms with Gasteiger partial charge in [0, 0.05) is 8.39 Å². The van der Waals surface area contributed by atoms with Gasteiger partial charge in [-0.15, -0.1) is 0 Å². The first-order valence-corrected chi connectivity index (χ1v) is 2.64. The lowest BCUT2D eigenvalue weighted by Gasteiger charge is -1.90. The van der Waals surface area contributed by atoms with E-state index in [4.69, 9.17) is 1.37 Å². The molecular formula is C5H5N3O3. The lowest BCUT2D eigenvalue weighted by Crippen LogP contribution is -1.97. The number of hydrogen-bond acceptors (Lipinski definition) is 4. The predicted molar refractivity (Wildman–Crippen MR) is 35.2 cm³/mol. The summed E-state index contributed by atoms with van der Waals surface area (Å²) < 4.78 is 7.97. The molecule has 0 spiro atoms. The quantitative estimate of drug-likeness (QED) is 0.346. The number of carbonyl (C=O) groups is 1. The van der Waals surface area contributed by atoms with Crippen LogP contribution in [0, 0.1) is 10.1 Å². The van der Waals surface area contributed by atoms with E-state index in [0.717, 1.165) is 10.9 Å². The minimum Gasteiger partial charge on any atom is -0.358 e. The second-order valence-electron chi connectivity index (χ2n) is 1.80. The van der Waals surface area contributed by atoms with Gasteiger partial charge in [0.15, 0.2) is 12.0 Å². The van der Waals surface area contributed by atoms with Crippen LogP contribution in [0.5, 0.6) is 0 Å². The van der Waals surface area contributed by atoms with Gasteiger partial charge in [0.1, 0.15) is 0 Å².